The van der Waals surface area contributed by atoms with Gasteiger partial charge in [-0.2, -0.15) is 0 Å². The third kappa shape index (κ3) is 6.07. The van der Waals surface area contributed by atoms with Gasteiger partial charge in [0.25, 0.3) is 0 Å². The molecule has 0 radical (unpaired) electrons. The van der Waals surface area contributed by atoms with E-state index in [1.54, 1.807) is 18.2 Å². The second-order valence-corrected chi connectivity index (χ2v) is 11.0. The molecule has 1 aliphatic rings. The highest BCUT2D eigenvalue weighted by Gasteiger charge is 2.44. The van der Waals surface area contributed by atoms with E-state index >= 15 is 4.39 Å². The monoisotopic (exact) mass is 496 g/mol. The van der Waals surface area contributed by atoms with Gasteiger partial charge < -0.3 is 10.5 Å². The molecule has 0 aliphatic heterocycles. The van der Waals surface area contributed by atoms with Gasteiger partial charge in [0, 0.05) is 17.2 Å². The number of carbonyl (C=O) groups excluding carboxylic acids is 1. The SMILES string of the molecule is CS(=O)(=O)N[C@H]1CC[C@](Cc2ccc(-c3ccccc3OCc3ccccc3)c(F)c2)(C(N)=O)C1. The third-order valence-electron chi connectivity index (χ3n) is 6.50. The molecule has 6 nitrogen and oxygen atoms in total. The zero-order chi connectivity index (χ0) is 25.1. The third-order valence-corrected chi connectivity index (χ3v) is 7.26. The Morgan fingerprint density at radius 3 is 2.46 bits per heavy atom. The fraction of sp³-hybridized carbons (Fsp3) is 0.296. The van der Waals surface area contributed by atoms with Gasteiger partial charge in [0.2, 0.25) is 15.9 Å². The standard InChI is InChI=1S/C27H29FN2O4S/c1-35(32,33)30-21-13-14-27(17-21,26(29)31)16-20-11-12-22(24(28)15-20)23-9-5-6-10-25(23)34-18-19-7-3-2-4-8-19/h2-12,15,21,30H,13-14,16-18H2,1H3,(H2,29,31)/t21-,27+/m0/s1. The van der Waals surface area contributed by atoms with Gasteiger partial charge >= 0.3 is 0 Å². The molecule has 0 heterocycles. The zero-order valence-corrected chi connectivity index (χ0v) is 20.4. The van der Waals surface area contributed by atoms with Crippen molar-refractivity contribution in [3.8, 4) is 16.9 Å². The van der Waals surface area contributed by atoms with Crippen molar-refractivity contribution in [1.29, 1.82) is 0 Å². The Morgan fingerprint density at radius 2 is 1.77 bits per heavy atom. The molecule has 3 aromatic carbocycles. The van der Waals surface area contributed by atoms with Crippen LogP contribution in [0.25, 0.3) is 11.1 Å². The largest absolute Gasteiger partial charge is 0.488 e. The molecule has 4 rings (SSSR count). The molecule has 3 N–H and O–H groups in total. The van der Waals surface area contributed by atoms with E-state index in [0.717, 1.165) is 11.8 Å². The summed E-state index contributed by atoms with van der Waals surface area (Å²) in [7, 11) is -3.40. The molecule has 1 amide bonds. The minimum absolute atomic E-state index is 0.244. The quantitative estimate of drug-likeness (QED) is 0.464. The van der Waals surface area contributed by atoms with Crippen molar-refractivity contribution in [3.63, 3.8) is 0 Å². The fourth-order valence-corrected chi connectivity index (χ4v) is 5.64. The minimum Gasteiger partial charge on any atom is -0.488 e. The van der Waals surface area contributed by atoms with Crippen molar-refractivity contribution in [2.24, 2.45) is 11.1 Å². The Bertz CT molecular complexity index is 1310. The molecule has 0 bridgehead atoms. The van der Waals surface area contributed by atoms with E-state index < -0.39 is 27.2 Å². The van der Waals surface area contributed by atoms with E-state index in [1.165, 1.54) is 6.07 Å². The van der Waals surface area contributed by atoms with Crippen LogP contribution in [0.5, 0.6) is 5.75 Å². The summed E-state index contributed by atoms with van der Waals surface area (Å²) in [4.78, 5) is 12.4. The highest BCUT2D eigenvalue weighted by atomic mass is 32.2. The van der Waals surface area contributed by atoms with E-state index in [2.05, 4.69) is 4.72 Å². The number of hydrogen-bond acceptors (Lipinski definition) is 4. The van der Waals surface area contributed by atoms with Crippen LogP contribution >= 0.6 is 0 Å². The Morgan fingerprint density at radius 1 is 1.06 bits per heavy atom. The van der Waals surface area contributed by atoms with E-state index in [1.807, 2.05) is 48.5 Å². The minimum atomic E-state index is -3.40. The predicted molar refractivity (Wildman–Crippen MR) is 134 cm³/mol. The molecule has 0 saturated heterocycles. The number of benzene rings is 3. The highest BCUT2D eigenvalue weighted by molar-refractivity contribution is 7.88. The van der Waals surface area contributed by atoms with Gasteiger partial charge in [-0.3, -0.25) is 4.79 Å². The smallest absolute Gasteiger partial charge is 0.224 e. The van der Waals surface area contributed by atoms with Crippen LogP contribution in [0.3, 0.4) is 0 Å². The van der Waals surface area contributed by atoms with Gasteiger partial charge in [-0.15, -0.1) is 0 Å². The van der Waals surface area contributed by atoms with Gasteiger partial charge in [0.1, 0.15) is 18.2 Å². The van der Waals surface area contributed by atoms with Crippen LogP contribution in [0.15, 0.2) is 72.8 Å². The number of hydrogen-bond donors (Lipinski definition) is 2. The predicted octanol–water partition coefficient (Wildman–Crippen LogP) is 4.19. The second kappa shape index (κ2) is 10.2. The number of carbonyl (C=O) groups is 1. The Labute approximate surface area is 205 Å². The number of nitrogens with two attached hydrogens (primary N) is 1. The van der Waals surface area contributed by atoms with Gasteiger partial charge in [-0.05, 0) is 48.9 Å². The summed E-state index contributed by atoms with van der Waals surface area (Å²) in [6.07, 6.45) is 2.56. The number of primary amides is 1. The normalized spacial score (nSPS) is 20.0. The molecule has 1 saturated carbocycles. The molecular weight excluding hydrogens is 467 g/mol. The average Bonchev–Trinajstić information content (AvgIpc) is 3.21. The van der Waals surface area contributed by atoms with E-state index in [4.69, 9.17) is 10.5 Å². The first kappa shape index (κ1) is 24.9. The maximum absolute atomic E-state index is 15.3. The molecule has 3 aromatic rings. The first-order valence-corrected chi connectivity index (χ1v) is 13.4. The molecule has 2 atom stereocenters. The summed E-state index contributed by atoms with van der Waals surface area (Å²) in [5.74, 6) is -0.358. The molecule has 1 fully saturated rings. The number of nitrogens with one attached hydrogen (secondary N) is 1. The van der Waals surface area contributed by atoms with Crippen molar-refractivity contribution < 1.29 is 22.3 Å². The summed E-state index contributed by atoms with van der Waals surface area (Å²) in [6.45, 7) is 0.362. The summed E-state index contributed by atoms with van der Waals surface area (Å²) >= 11 is 0. The fourth-order valence-electron chi connectivity index (χ4n) is 4.83. The van der Waals surface area contributed by atoms with Crippen LogP contribution in [-0.4, -0.2) is 26.6 Å². The zero-order valence-electron chi connectivity index (χ0n) is 19.5. The molecule has 1 aliphatic carbocycles. The molecular formula is C27H29FN2O4S. The van der Waals surface area contributed by atoms with E-state index in [-0.39, 0.29) is 18.9 Å². The van der Waals surface area contributed by atoms with Gasteiger partial charge in [-0.25, -0.2) is 17.5 Å². The summed E-state index contributed by atoms with van der Waals surface area (Å²) in [5.41, 5.74) is 7.49. The van der Waals surface area contributed by atoms with Crippen LogP contribution in [0.2, 0.25) is 0 Å². The number of amides is 1. The number of sulfonamides is 1. The Hall–Kier alpha value is -3.23. The molecule has 8 heteroatoms. The van der Waals surface area contributed by atoms with Gasteiger partial charge in [0.15, 0.2) is 0 Å². The van der Waals surface area contributed by atoms with Crippen molar-refractivity contribution in [3.05, 3.63) is 89.7 Å². The van der Waals surface area contributed by atoms with Crippen molar-refractivity contribution in [2.75, 3.05) is 6.26 Å². The second-order valence-electron chi connectivity index (χ2n) is 9.24. The van der Waals surface area contributed by atoms with Crippen LogP contribution in [-0.2, 0) is 27.8 Å². The number of rotatable bonds is 9. The highest BCUT2D eigenvalue weighted by Crippen LogP contribution is 2.42. The number of para-hydroxylation sites is 1. The van der Waals surface area contributed by atoms with Crippen molar-refractivity contribution in [2.45, 2.75) is 38.3 Å². The van der Waals surface area contributed by atoms with Gasteiger partial charge in [0.05, 0.1) is 11.7 Å². The lowest BCUT2D eigenvalue weighted by Gasteiger charge is -2.26. The lowest BCUT2D eigenvalue weighted by atomic mass is 9.79. The lowest BCUT2D eigenvalue weighted by Crippen LogP contribution is -2.40. The van der Waals surface area contributed by atoms with Crippen molar-refractivity contribution in [1.82, 2.24) is 4.72 Å². The van der Waals surface area contributed by atoms with Gasteiger partial charge in [-0.1, -0.05) is 60.7 Å². The number of ether oxygens (including phenoxy) is 1. The van der Waals surface area contributed by atoms with Crippen LogP contribution in [0.4, 0.5) is 4.39 Å². The molecule has 0 aromatic heterocycles. The van der Waals surface area contributed by atoms with E-state index in [0.29, 0.717) is 41.9 Å². The Kier molecular flexibility index (Phi) is 7.23. The Balaban J connectivity index is 1.54. The molecule has 0 unspecified atom stereocenters. The molecule has 0 spiro atoms. The first-order valence-electron chi connectivity index (χ1n) is 11.5. The first-order chi connectivity index (χ1) is 16.7. The number of halogens is 1. The van der Waals surface area contributed by atoms with Crippen LogP contribution < -0.4 is 15.2 Å². The van der Waals surface area contributed by atoms with Crippen LogP contribution in [0, 0.1) is 11.2 Å². The summed E-state index contributed by atoms with van der Waals surface area (Å²) in [6, 6.07) is 21.5. The van der Waals surface area contributed by atoms with E-state index in [9.17, 15) is 13.2 Å². The maximum atomic E-state index is 15.3. The summed E-state index contributed by atoms with van der Waals surface area (Å²) in [5, 5.41) is 0. The van der Waals surface area contributed by atoms with Crippen molar-refractivity contribution >= 4 is 15.9 Å². The molecule has 184 valence electrons. The molecule has 35 heavy (non-hydrogen) atoms. The van der Waals surface area contributed by atoms with Crippen LogP contribution in [0.1, 0.15) is 30.4 Å². The topological polar surface area (TPSA) is 98.5 Å². The summed E-state index contributed by atoms with van der Waals surface area (Å²) < 4.78 is 47.1. The average molecular weight is 497 g/mol. The maximum Gasteiger partial charge on any atom is 0.224 e. The lowest BCUT2D eigenvalue weighted by molar-refractivity contribution is -0.127.